The Morgan fingerprint density at radius 1 is 1.27 bits per heavy atom. The minimum absolute atomic E-state index is 0.294. The van der Waals surface area contributed by atoms with E-state index in [2.05, 4.69) is 0 Å². The molecule has 2 bridgehead atoms. The highest BCUT2D eigenvalue weighted by molar-refractivity contribution is 8.05. The summed E-state index contributed by atoms with van der Waals surface area (Å²) in [7, 11) is -4.04. The normalized spacial score (nSPS) is 33.7. The number of hydrogen-bond acceptors (Lipinski definition) is 6. The van der Waals surface area contributed by atoms with Gasteiger partial charge in [-0.2, -0.15) is 11.8 Å². The quantitative estimate of drug-likeness (QED) is 0.510. The molecule has 1 heterocycles. The summed E-state index contributed by atoms with van der Waals surface area (Å²) in [6, 6.07) is 0. The van der Waals surface area contributed by atoms with E-state index in [0.717, 1.165) is 12.2 Å². The van der Waals surface area contributed by atoms with Crippen molar-refractivity contribution in [3.05, 3.63) is 0 Å². The van der Waals surface area contributed by atoms with Crippen molar-refractivity contribution in [3.8, 4) is 0 Å². The first-order valence-corrected chi connectivity index (χ1v) is 13.5. The van der Waals surface area contributed by atoms with E-state index < -0.39 is 20.8 Å². The summed E-state index contributed by atoms with van der Waals surface area (Å²) in [5.74, 6) is 5.81. The number of ketones is 2. The summed E-state index contributed by atoms with van der Waals surface area (Å²) >= 11 is 2.03. The van der Waals surface area contributed by atoms with Crippen LogP contribution in [0, 0.1) is 16.7 Å². The van der Waals surface area contributed by atoms with Crippen LogP contribution in [0.3, 0.4) is 0 Å². The smallest absolute Gasteiger partial charge is 0.181 e. The predicted molar refractivity (Wildman–Crippen MR) is 108 cm³/mol. The van der Waals surface area contributed by atoms with Crippen molar-refractivity contribution in [1.82, 2.24) is 0 Å². The van der Waals surface area contributed by atoms with Crippen LogP contribution in [0.2, 0.25) is 0 Å². The van der Waals surface area contributed by atoms with Crippen molar-refractivity contribution in [2.24, 2.45) is 16.7 Å². The SMILES string of the molecule is CC12CCC(C(S(=O)(=O)[O-])C1=O)C2(C)C.CCC(=O)C[S+]1CCSCC1. The molecule has 3 fully saturated rings. The fraction of sp³-hybridized carbons (Fsp3) is 0.889. The molecule has 5 nitrogen and oxygen atoms in total. The lowest BCUT2D eigenvalue weighted by Crippen LogP contribution is -2.38. The fourth-order valence-corrected chi connectivity index (χ4v) is 9.95. The Kier molecular flexibility index (Phi) is 6.96. The standard InChI is InChI=1S/C10H16O4S.C8H15OS2/c1-9(2)6-4-5-10(9,3)8(11)7(6)15(12,13)14;1-2-8(9)7-11-5-3-10-4-6-11/h6-7H,4-5H2,1-3H3,(H,12,13,14);2-7H2,1H3/q;+1/p-1. The molecule has 0 amide bonds. The molecule has 3 unspecified atom stereocenters. The molecule has 8 heteroatoms. The third-order valence-electron chi connectivity index (χ3n) is 6.58. The molecule has 150 valence electrons. The molecule has 0 aromatic carbocycles. The van der Waals surface area contributed by atoms with Crippen LogP contribution in [0.15, 0.2) is 0 Å². The molecule has 0 radical (unpaired) electrons. The number of carbonyl (C=O) groups is 2. The average Bonchev–Trinajstić information content (AvgIpc) is 2.87. The second-order valence-electron chi connectivity index (χ2n) is 8.15. The summed E-state index contributed by atoms with van der Waals surface area (Å²) in [6.45, 7) is 7.55. The fourth-order valence-electron chi connectivity index (χ4n) is 4.37. The van der Waals surface area contributed by atoms with Crippen LogP contribution >= 0.6 is 11.8 Å². The van der Waals surface area contributed by atoms with E-state index in [1.54, 1.807) is 6.92 Å². The summed E-state index contributed by atoms with van der Waals surface area (Å²) in [5, 5.41) is -1.30. The van der Waals surface area contributed by atoms with E-state index in [1.165, 1.54) is 23.0 Å². The minimum Gasteiger partial charge on any atom is -0.747 e. The Bertz CT molecular complexity index is 652. The first kappa shape index (κ1) is 22.2. The molecular weight excluding hydrogens is 392 g/mol. The monoisotopic (exact) mass is 422 g/mol. The van der Waals surface area contributed by atoms with E-state index in [0.29, 0.717) is 29.5 Å². The second-order valence-corrected chi connectivity index (χ2v) is 13.2. The highest BCUT2D eigenvalue weighted by Crippen LogP contribution is 2.64. The number of Topliss-reactive ketones (excluding diaryl/α,β-unsaturated/α-hetero) is 2. The molecule has 0 aromatic heterocycles. The van der Waals surface area contributed by atoms with Crippen molar-refractivity contribution in [2.75, 3.05) is 28.8 Å². The van der Waals surface area contributed by atoms with Crippen molar-refractivity contribution < 1.29 is 22.6 Å². The van der Waals surface area contributed by atoms with Gasteiger partial charge < -0.3 is 4.55 Å². The second kappa shape index (κ2) is 8.13. The van der Waals surface area contributed by atoms with Gasteiger partial charge in [0.05, 0.1) is 0 Å². The zero-order chi connectivity index (χ0) is 19.8. The molecule has 2 aliphatic carbocycles. The lowest BCUT2D eigenvalue weighted by atomic mass is 9.70. The van der Waals surface area contributed by atoms with Crippen LogP contribution in [-0.4, -0.2) is 58.6 Å². The summed E-state index contributed by atoms with van der Waals surface area (Å²) in [6.07, 6.45) is 2.10. The maximum Gasteiger partial charge on any atom is 0.181 e. The number of rotatable bonds is 4. The van der Waals surface area contributed by atoms with Crippen molar-refractivity contribution in [3.63, 3.8) is 0 Å². The third kappa shape index (κ3) is 4.18. The first-order valence-electron chi connectivity index (χ1n) is 9.17. The van der Waals surface area contributed by atoms with E-state index in [1.807, 2.05) is 32.5 Å². The van der Waals surface area contributed by atoms with E-state index in [4.69, 9.17) is 0 Å². The largest absolute Gasteiger partial charge is 0.747 e. The number of fused-ring (bicyclic) bond motifs is 2. The molecule has 26 heavy (non-hydrogen) atoms. The molecule has 3 rings (SSSR count). The summed E-state index contributed by atoms with van der Waals surface area (Å²) < 4.78 is 33.3. The maximum atomic E-state index is 12.0. The topological polar surface area (TPSA) is 91.3 Å². The Balaban J connectivity index is 0.000000197. The van der Waals surface area contributed by atoms with Gasteiger partial charge in [-0.15, -0.1) is 0 Å². The van der Waals surface area contributed by atoms with Gasteiger partial charge in [0, 0.05) is 23.3 Å². The third-order valence-corrected chi connectivity index (χ3v) is 11.5. The van der Waals surface area contributed by atoms with E-state index in [-0.39, 0.29) is 17.1 Å². The van der Waals surface area contributed by atoms with Crippen LogP contribution in [0.25, 0.3) is 0 Å². The predicted octanol–water partition coefficient (Wildman–Crippen LogP) is 2.26. The maximum absolute atomic E-state index is 12.0. The molecule has 2 saturated carbocycles. The van der Waals surface area contributed by atoms with Crippen molar-refractivity contribution in [1.29, 1.82) is 0 Å². The molecule has 1 aliphatic heterocycles. The molecular formula is C18H30O5S3. The molecule has 0 aromatic rings. The minimum atomic E-state index is -4.49. The lowest BCUT2D eigenvalue weighted by Gasteiger charge is -2.32. The van der Waals surface area contributed by atoms with Crippen LogP contribution in [-0.2, 0) is 30.6 Å². The van der Waals surface area contributed by atoms with E-state index in [9.17, 15) is 22.6 Å². The van der Waals surface area contributed by atoms with Gasteiger partial charge in [-0.25, -0.2) is 8.42 Å². The highest BCUT2D eigenvalue weighted by Gasteiger charge is 2.67. The molecule has 0 spiro atoms. The summed E-state index contributed by atoms with van der Waals surface area (Å²) in [4.78, 5) is 23.1. The highest BCUT2D eigenvalue weighted by atomic mass is 32.2. The van der Waals surface area contributed by atoms with Gasteiger partial charge in [-0.05, 0) is 35.1 Å². The van der Waals surface area contributed by atoms with Gasteiger partial charge in [0.15, 0.2) is 17.3 Å². The zero-order valence-corrected chi connectivity index (χ0v) is 18.5. The Labute approximate surface area is 164 Å². The van der Waals surface area contributed by atoms with Crippen LogP contribution in [0.5, 0.6) is 0 Å². The van der Waals surface area contributed by atoms with Gasteiger partial charge in [0.25, 0.3) is 0 Å². The molecule has 1 saturated heterocycles. The molecule has 3 aliphatic rings. The Morgan fingerprint density at radius 3 is 2.23 bits per heavy atom. The Hall–Kier alpha value is -0.0500. The number of thioether (sulfide) groups is 1. The Morgan fingerprint density at radius 2 is 1.85 bits per heavy atom. The summed E-state index contributed by atoms with van der Waals surface area (Å²) in [5.41, 5.74) is -0.994. The molecule has 3 atom stereocenters. The van der Waals surface area contributed by atoms with Crippen LogP contribution < -0.4 is 0 Å². The van der Waals surface area contributed by atoms with Crippen molar-refractivity contribution >= 4 is 44.3 Å². The molecule has 0 N–H and O–H groups in total. The zero-order valence-electron chi connectivity index (χ0n) is 16.1. The first-order chi connectivity index (χ1) is 11.9. The van der Waals surface area contributed by atoms with Gasteiger partial charge in [0.1, 0.15) is 26.9 Å². The average molecular weight is 423 g/mol. The number of carbonyl (C=O) groups excluding carboxylic acids is 2. The van der Waals surface area contributed by atoms with E-state index >= 15 is 0 Å². The van der Waals surface area contributed by atoms with Crippen LogP contribution in [0.1, 0.15) is 47.0 Å². The van der Waals surface area contributed by atoms with Crippen molar-refractivity contribution in [2.45, 2.75) is 52.2 Å². The van der Waals surface area contributed by atoms with Gasteiger partial charge in [-0.1, -0.05) is 27.7 Å². The lowest BCUT2D eigenvalue weighted by molar-refractivity contribution is -0.128. The number of hydrogen-bond donors (Lipinski definition) is 0. The van der Waals surface area contributed by atoms with Crippen LogP contribution in [0.4, 0.5) is 0 Å². The van der Waals surface area contributed by atoms with Gasteiger partial charge in [-0.3, -0.25) is 9.59 Å². The van der Waals surface area contributed by atoms with Gasteiger partial charge in [0.2, 0.25) is 0 Å². The van der Waals surface area contributed by atoms with Gasteiger partial charge >= 0.3 is 0 Å².